The summed E-state index contributed by atoms with van der Waals surface area (Å²) in [5.41, 5.74) is 2.54. The van der Waals surface area contributed by atoms with Crippen LogP contribution >= 0.6 is 0 Å². The number of aliphatic hydroxyl groups excluding tert-OH is 2. The fraction of sp³-hybridized carbons (Fsp3) is 0.739. The summed E-state index contributed by atoms with van der Waals surface area (Å²) in [4.78, 5) is 0. The lowest BCUT2D eigenvalue weighted by Crippen LogP contribution is -2.44. The third kappa shape index (κ3) is 3.41. The van der Waals surface area contributed by atoms with Gasteiger partial charge in [-0.3, -0.25) is 0 Å². The maximum absolute atomic E-state index is 10.4. The van der Waals surface area contributed by atoms with Crippen LogP contribution in [-0.4, -0.2) is 28.0 Å². The van der Waals surface area contributed by atoms with Gasteiger partial charge in [-0.1, -0.05) is 40.7 Å². The second kappa shape index (κ2) is 8.75. The van der Waals surface area contributed by atoms with Gasteiger partial charge in [-0.15, -0.1) is 0 Å². The van der Waals surface area contributed by atoms with Crippen molar-refractivity contribution in [3.8, 4) is 5.75 Å². The standard InChI is InChI=1S/C19H26O3.2C2H6/c1-19-7-6-14-13-3-2-12(21)9-15(13)11(10-20)8-16(14)17(19)4-5-18(19)22;2*1-2/h2-3,9,11,14,16-18,20-22H,4-8,10H2,1H3;2*1-2H3. The first-order valence-corrected chi connectivity index (χ1v) is 10.7. The number of hydrogen-bond donors (Lipinski definition) is 3. The SMILES string of the molecule is CC.CC.CC12CCC3c4ccc(O)cc4C(CO)CC3C1CCC2O. The molecule has 3 heteroatoms. The fourth-order valence-corrected chi connectivity index (χ4v) is 5.86. The summed E-state index contributed by atoms with van der Waals surface area (Å²) in [5, 5.41) is 30.1. The zero-order chi connectivity index (χ0) is 19.5. The van der Waals surface area contributed by atoms with Crippen LogP contribution in [0.25, 0.3) is 0 Å². The van der Waals surface area contributed by atoms with E-state index in [2.05, 4.69) is 13.0 Å². The minimum atomic E-state index is -0.160. The molecule has 4 rings (SSSR count). The molecule has 26 heavy (non-hydrogen) atoms. The lowest BCUT2D eigenvalue weighted by Gasteiger charge is -2.51. The first kappa shape index (κ1) is 21.2. The van der Waals surface area contributed by atoms with Crippen LogP contribution in [-0.2, 0) is 0 Å². The summed E-state index contributed by atoms with van der Waals surface area (Å²) in [7, 11) is 0. The molecule has 6 atom stereocenters. The van der Waals surface area contributed by atoms with E-state index in [9.17, 15) is 15.3 Å². The third-order valence-electron chi connectivity index (χ3n) is 7.07. The van der Waals surface area contributed by atoms with Crippen molar-refractivity contribution < 1.29 is 15.3 Å². The zero-order valence-corrected chi connectivity index (χ0v) is 17.2. The van der Waals surface area contributed by atoms with Gasteiger partial charge in [-0.05, 0) is 78.5 Å². The molecule has 1 aromatic carbocycles. The van der Waals surface area contributed by atoms with Crippen molar-refractivity contribution in [3.05, 3.63) is 29.3 Å². The molecule has 0 aliphatic heterocycles. The van der Waals surface area contributed by atoms with E-state index in [1.165, 1.54) is 5.56 Å². The molecule has 0 aromatic heterocycles. The maximum atomic E-state index is 10.4. The monoisotopic (exact) mass is 362 g/mol. The van der Waals surface area contributed by atoms with Gasteiger partial charge < -0.3 is 15.3 Å². The van der Waals surface area contributed by atoms with Crippen LogP contribution in [0.15, 0.2) is 18.2 Å². The van der Waals surface area contributed by atoms with Gasteiger partial charge >= 0.3 is 0 Å². The molecule has 6 unspecified atom stereocenters. The highest BCUT2D eigenvalue weighted by Gasteiger charge is 2.55. The summed E-state index contributed by atoms with van der Waals surface area (Å²) in [6, 6.07) is 5.70. The summed E-state index contributed by atoms with van der Waals surface area (Å²) in [5.74, 6) is 2.08. The van der Waals surface area contributed by atoms with Crippen molar-refractivity contribution in [2.75, 3.05) is 6.61 Å². The van der Waals surface area contributed by atoms with Crippen molar-refractivity contribution in [1.29, 1.82) is 0 Å². The van der Waals surface area contributed by atoms with E-state index in [0.29, 0.717) is 23.5 Å². The lowest BCUT2D eigenvalue weighted by atomic mass is 9.54. The molecular weight excluding hydrogens is 324 g/mol. The van der Waals surface area contributed by atoms with Crippen LogP contribution in [0.1, 0.15) is 89.7 Å². The second-order valence-corrected chi connectivity index (χ2v) is 7.94. The second-order valence-electron chi connectivity index (χ2n) is 7.94. The molecule has 3 aliphatic rings. The molecule has 0 heterocycles. The summed E-state index contributed by atoms with van der Waals surface area (Å²) >= 11 is 0. The van der Waals surface area contributed by atoms with Crippen LogP contribution in [0, 0.1) is 17.3 Å². The Labute approximate surface area is 159 Å². The Hall–Kier alpha value is -1.06. The number of hydrogen-bond acceptors (Lipinski definition) is 3. The predicted molar refractivity (Wildman–Crippen MR) is 108 cm³/mol. The van der Waals surface area contributed by atoms with E-state index in [1.807, 2.05) is 33.8 Å². The molecule has 2 saturated carbocycles. The number of phenolic OH excluding ortho intramolecular Hbond substituents is 1. The van der Waals surface area contributed by atoms with Crippen molar-refractivity contribution >= 4 is 0 Å². The average molecular weight is 363 g/mol. The molecule has 3 nitrogen and oxygen atoms in total. The number of benzene rings is 1. The molecule has 0 spiro atoms. The van der Waals surface area contributed by atoms with Gasteiger partial charge in [-0.2, -0.15) is 0 Å². The van der Waals surface area contributed by atoms with Crippen LogP contribution in [0.2, 0.25) is 0 Å². The van der Waals surface area contributed by atoms with Crippen LogP contribution in [0.5, 0.6) is 5.75 Å². The van der Waals surface area contributed by atoms with Gasteiger partial charge in [-0.25, -0.2) is 0 Å². The van der Waals surface area contributed by atoms with E-state index in [1.54, 1.807) is 6.07 Å². The quantitative estimate of drug-likeness (QED) is 0.644. The molecule has 1 aromatic rings. The molecule has 3 N–H and O–H groups in total. The van der Waals surface area contributed by atoms with Crippen LogP contribution in [0.3, 0.4) is 0 Å². The van der Waals surface area contributed by atoms with Gasteiger partial charge in [0.2, 0.25) is 0 Å². The first-order chi connectivity index (χ1) is 12.5. The van der Waals surface area contributed by atoms with E-state index in [-0.39, 0.29) is 24.0 Å². The summed E-state index contributed by atoms with van der Waals surface area (Å²) in [6.45, 7) is 10.4. The Morgan fingerprint density at radius 2 is 1.73 bits per heavy atom. The fourth-order valence-electron chi connectivity index (χ4n) is 5.86. The Balaban J connectivity index is 0.000000570. The zero-order valence-electron chi connectivity index (χ0n) is 17.2. The molecule has 0 radical (unpaired) electrons. The van der Waals surface area contributed by atoms with Gasteiger partial charge in [0.15, 0.2) is 0 Å². The molecule has 0 amide bonds. The minimum Gasteiger partial charge on any atom is -0.508 e. The van der Waals surface area contributed by atoms with Crippen LogP contribution in [0.4, 0.5) is 0 Å². The largest absolute Gasteiger partial charge is 0.508 e. The molecular formula is C23H38O3. The lowest BCUT2D eigenvalue weighted by molar-refractivity contribution is -0.0265. The van der Waals surface area contributed by atoms with Crippen molar-refractivity contribution in [2.24, 2.45) is 17.3 Å². The number of fused-ring (bicyclic) bond motifs is 5. The van der Waals surface area contributed by atoms with Gasteiger partial charge in [0.25, 0.3) is 0 Å². The topological polar surface area (TPSA) is 60.7 Å². The Bertz CT molecular complexity index is 585. The van der Waals surface area contributed by atoms with Crippen molar-refractivity contribution in [1.82, 2.24) is 0 Å². The van der Waals surface area contributed by atoms with Gasteiger partial charge in [0.05, 0.1) is 6.10 Å². The van der Waals surface area contributed by atoms with E-state index in [4.69, 9.17) is 0 Å². The number of phenols is 1. The highest BCUT2D eigenvalue weighted by Crippen LogP contribution is 2.62. The molecule has 2 fully saturated rings. The maximum Gasteiger partial charge on any atom is 0.115 e. The van der Waals surface area contributed by atoms with E-state index >= 15 is 0 Å². The minimum absolute atomic E-state index is 0.0651. The van der Waals surface area contributed by atoms with Crippen molar-refractivity contribution in [3.63, 3.8) is 0 Å². The average Bonchev–Trinajstić information content (AvgIpc) is 2.99. The molecule has 0 saturated heterocycles. The number of rotatable bonds is 1. The van der Waals surface area contributed by atoms with Gasteiger partial charge in [0, 0.05) is 12.5 Å². The molecule has 148 valence electrons. The van der Waals surface area contributed by atoms with Gasteiger partial charge in [0.1, 0.15) is 5.75 Å². The summed E-state index contributed by atoms with van der Waals surface area (Å²) in [6.07, 6.45) is 5.08. The normalized spacial score (nSPS) is 37.1. The van der Waals surface area contributed by atoms with Crippen LogP contribution < -0.4 is 0 Å². The number of aromatic hydroxyl groups is 1. The third-order valence-corrected chi connectivity index (χ3v) is 7.07. The Morgan fingerprint density at radius 3 is 2.38 bits per heavy atom. The van der Waals surface area contributed by atoms with Crippen molar-refractivity contribution in [2.45, 2.75) is 84.7 Å². The molecule has 0 bridgehead atoms. The Morgan fingerprint density at radius 1 is 1.04 bits per heavy atom. The summed E-state index contributed by atoms with van der Waals surface area (Å²) < 4.78 is 0. The van der Waals surface area contributed by atoms with E-state index < -0.39 is 0 Å². The highest BCUT2D eigenvalue weighted by molar-refractivity contribution is 5.42. The predicted octanol–water partition coefficient (Wildman–Crippen LogP) is 5.20. The Kier molecular flexibility index (Phi) is 7.15. The smallest absolute Gasteiger partial charge is 0.115 e. The first-order valence-electron chi connectivity index (χ1n) is 10.7. The highest BCUT2D eigenvalue weighted by atomic mass is 16.3. The van der Waals surface area contributed by atoms with E-state index in [0.717, 1.165) is 37.7 Å². The molecule has 3 aliphatic carbocycles. The number of aliphatic hydroxyl groups is 2.